The molecule has 220 valence electrons. The van der Waals surface area contributed by atoms with Gasteiger partial charge < -0.3 is 31.3 Å². The van der Waals surface area contributed by atoms with Gasteiger partial charge in [-0.25, -0.2) is 14.8 Å². The van der Waals surface area contributed by atoms with E-state index in [-0.39, 0.29) is 27.9 Å². The van der Waals surface area contributed by atoms with Crippen LogP contribution in [0.25, 0.3) is 0 Å². The summed E-state index contributed by atoms with van der Waals surface area (Å²) in [6.45, 7) is 1.28. The molecule has 0 aliphatic carbocycles. The molecule has 2 aliphatic heterocycles. The number of nitrogens with two attached hydrogens (primary N) is 1. The van der Waals surface area contributed by atoms with Crippen molar-refractivity contribution in [2.24, 2.45) is 5.16 Å². The Kier molecular flexibility index (Phi) is 8.38. The molecular formula is C22H20N8O8S4. The van der Waals surface area contributed by atoms with Crippen molar-refractivity contribution in [2.45, 2.75) is 29.3 Å². The third-order valence-corrected chi connectivity index (χ3v) is 9.88. The van der Waals surface area contributed by atoms with Crippen molar-refractivity contribution in [3.05, 3.63) is 56.3 Å². The summed E-state index contributed by atoms with van der Waals surface area (Å²) < 4.78 is 5.25. The molecule has 0 aromatic carbocycles. The Labute approximate surface area is 252 Å². The number of carboxylic acid groups (broad SMARTS) is 1. The van der Waals surface area contributed by atoms with Crippen LogP contribution in [0.1, 0.15) is 17.2 Å². The molecule has 0 spiro atoms. The molecule has 20 heteroatoms. The van der Waals surface area contributed by atoms with E-state index in [1.54, 1.807) is 6.92 Å². The van der Waals surface area contributed by atoms with Gasteiger partial charge in [0.05, 0.1) is 6.20 Å². The molecule has 0 radical (unpaired) electrons. The minimum absolute atomic E-state index is 0.0411. The molecule has 16 nitrogen and oxygen atoms in total. The summed E-state index contributed by atoms with van der Waals surface area (Å²) in [4.78, 5) is 64.9. The fourth-order valence-electron chi connectivity index (χ4n) is 3.91. The van der Waals surface area contributed by atoms with E-state index in [0.717, 1.165) is 28.5 Å². The molecule has 1 saturated heterocycles. The minimum atomic E-state index is -1.26. The van der Waals surface area contributed by atoms with E-state index >= 15 is 0 Å². The van der Waals surface area contributed by atoms with Crippen molar-refractivity contribution >= 4 is 75.0 Å². The van der Waals surface area contributed by atoms with Gasteiger partial charge in [-0.2, -0.15) is 9.10 Å². The number of fused-ring (bicyclic) bond motifs is 1. The number of thiazole rings is 1. The van der Waals surface area contributed by atoms with E-state index in [0.29, 0.717) is 32.0 Å². The standard InChI is InChI=1S/C22H20N8O8S4/c1-8-24-22(42-28-8)41-6-9-5-39-19-15(18(34)30(19)16(9)20(35)36)26-17(33)14(11-7-40-21(23)25-11)27-38-4-10-2-12(31)13(32)3-29(10)37/h2-3,7,15,19,32,37H,4-6H2,1H3,(H2,23,25)(H,26,33)(H,35,36)/b27-14-/t15-,19-/m1/s1. The number of β-lactam (4-membered cyclic amide) rings is 1. The molecule has 0 unspecified atom stereocenters. The van der Waals surface area contributed by atoms with Crippen LogP contribution >= 0.6 is 46.4 Å². The van der Waals surface area contributed by atoms with Crippen LogP contribution in [0.2, 0.25) is 0 Å². The molecule has 2 aliphatic rings. The molecule has 2 amide bonds. The maximum atomic E-state index is 13.3. The SMILES string of the molecule is Cc1nsc(SCC2=C(C(=O)O)N3C(=O)[C@@H](NC(=O)/C(=N\OCc4cc(=O)c(O)cn4O)c4csc(N)n4)[C@H]3SC2)n1. The first-order chi connectivity index (χ1) is 20.0. The predicted octanol–water partition coefficient (Wildman–Crippen LogP) is 0.442. The molecule has 0 bridgehead atoms. The number of aromatic hydroxyl groups is 1. The zero-order valence-electron chi connectivity index (χ0n) is 21.3. The number of pyridine rings is 1. The van der Waals surface area contributed by atoms with E-state index in [9.17, 15) is 34.6 Å². The molecule has 42 heavy (non-hydrogen) atoms. The molecule has 5 rings (SSSR count). The zero-order valence-corrected chi connectivity index (χ0v) is 24.6. The summed E-state index contributed by atoms with van der Waals surface area (Å²) >= 11 is 4.87. The van der Waals surface area contributed by atoms with Crippen LogP contribution in [0, 0.1) is 6.92 Å². The van der Waals surface area contributed by atoms with Crippen molar-refractivity contribution in [3.63, 3.8) is 0 Å². The number of hydrogen-bond donors (Lipinski definition) is 5. The van der Waals surface area contributed by atoms with Crippen LogP contribution in [-0.2, 0) is 25.8 Å². The van der Waals surface area contributed by atoms with Gasteiger partial charge in [0.25, 0.3) is 11.8 Å². The molecule has 5 heterocycles. The van der Waals surface area contributed by atoms with Gasteiger partial charge in [0.1, 0.15) is 34.3 Å². The highest BCUT2D eigenvalue weighted by molar-refractivity contribution is 8.01. The third kappa shape index (κ3) is 5.91. The van der Waals surface area contributed by atoms with Crippen molar-refractivity contribution < 1.29 is 34.6 Å². The number of rotatable bonds is 10. The lowest BCUT2D eigenvalue weighted by Gasteiger charge is -2.49. The Morgan fingerprint density at radius 2 is 2.12 bits per heavy atom. The van der Waals surface area contributed by atoms with Crippen LogP contribution in [0.3, 0.4) is 0 Å². The lowest BCUT2D eigenvalue weighted by Crippen LogP contribution is -2.71. The van der Waals surface area contributed by atoms with Crippen molar-refractivity contribution in [1.29, 1.82) is 0 Å². The number of aromatic nitrogens is 4. The fourth-order valence-corrected chi connectivity index (χ4v) is 7.59. The number of oxime groups is 1. The molecule has 1 fully saturated rings. The summed E-state index contributed by atoms with van der Waals surface area (Å²) in [6, 6.07) is -0.138. The number of hydrogen-bond acceptors (Lipinski definition) is 16. The Morgan fingerprint density at radius 3 is 2.79 bits per heavy atom. The quantitative estimate of drug-likeness (QED) is 0.0657. The first-order valence-corrected chi connectivity index (χ1v) is 15.4. The van der Waals surface area contributed by atoms with E-state index in [1.807, 2.05) is 0 Å². The maximum absolute atomic E-state index is 13.3. The highest BCUT2D eigenvalue weighted by atomic mass is 32.2. The molecule has 0 saturated carbocycles. The number of amides is 2. The van der Waals surface area contributed by atoms with Crippen LogP contribution in [0.5, 0.6) is 5.75 Å². The van der Waals surface area contributed by atoms with E-state index in [4.69, 9.17) is 10.6 Å². The van der Waals surface area contributed by atoms with Gasteiger partial charge in [0, 0.05) is 23.0 Å². The summed E-state index contributed by atoms with van der Waals surface area (Å²) in [7, 11) is 0. The van der Waals surface area contributed by atoms with E-state index in [1.165, 1.54) is 40.4 Å². The molecule has 3 aromatic heterocycles. The maximum Gasteiger partial charge on any atom is 0.352 e. The van der Waals surface area contributed by atoms with Crippen LogP contribution < -0.4 is 16.5 Å². The number of carbonyl (C=O) groups excluding carboxylic acids is 2. The second kappa shape index (κ2) is 12.0. The summed E-state index contributed by atoms with van der Waals surface area (Å²) in [5.41, 5.74) is 4.97. The summed E-state index contributed by atoms with van der Waals surface area (Å²) in [5, 5.41) is 36.5. The number of carboxylic acids is 1. The molecular weight excluding hydrogens is 633 g/mol. The number of aryl methyl sites for hydroxylation is 1. The van der Waals surface area contributed by atoms with Crippen molar-refractivity contribution in [3.8, 4) is 5.75 Å². The lowest BCUT2D eigenvalue weighted by molar-refractivity contribution is -0.150. The van der Waals surface area contributed by atoms with Crippen LogP contribution in [-0.4, -0.2) is 85.8 Å². The van der Waals surface area contributed by atoms with Gasteiger partial charge in [0.15, 0.2) is 27.5 Å². The Hall–Kier alpha value is -4.14. The fraction of sp³-hybridized carbons (Fsp3) is 0.273. The number of aliphatic carboxylic acids is 1. The molecule has 2 atom stereocenters. The second-order valence-electron chi connectivity index (χ2n) is 8.66. The Bertz CT molecular complexity index is 1700. The lowest BCUT2D eigenvalue weighted by atomic mass is 10.0. The topological polar surface area (TPSA) is 235 Å². The first kappa shape index (κ1) is 29.4. The Balaban J connectivity index is 1.31. The number of nitrogens with zero attached hydrogens (tertiary/aromatic N) is 6. The van der Waals surface area contributed by atoms with E-state index < -0.39 is 47.0 Å². The minimum Gasteiger partial charge on any atom is -0.503 e. The average molecular weight is 653 g/mol. The monoisotopic (exact) mass is 652 g/mol. The smallest absolute Gasteiger partial charge is 0.352 e. The first-order valence-electron chi connectivity index (χ1n) is 11.7. The van der Waals surface area contributed by atoms with Crippen molar-refractivity contribution in [1.82, 2.24) is 29.3 Å². The number of carbonyl (C=O) groups is 3. The zero-order chi connectivity index (χ0) is 30.1. The molecule has 3 aromatic rings. The van der Waals surface area contributed by atoms with Crippen molar-refractivity contribution in [2.75, 3.05) is 17.2 Å². The summed E-state index contributed by atoms with van der Waals surface area (Å²) in [6.07, 6.45) is 0.774. The average Bonchev–Trinajstić information content (AvgIpc) is 3.57. The van der Waals surface area contributed by atoms with Gasteiger partial charge in [-0.1, -0.05) is 16.9 Å². The number of thioether (sulfide) groups is 2. The van der Waals surface area contributed by atoms with Gasteiger partial charge >= 0.3 is 5.97 Å². The number of anilines is 1. The third-order valence-electron chi connectivity index (χ3n) is 5.85. The number of nitrogen functional groups attached to an aromatic ring is 1. The number of nitrogens with one attached hydrogen (secondary N) is 1. The van der Waals surface area contributed by atoms with Crippen LogP contribution in [0.4, 0.5) is 5.13 Å². The van der Waals surface area contributed by atoms with Gasteiger partial charge in [-0.05, 0) is 24.0 Å². The molecule has 6 N–H and O–H groups in total. The van der Waals surface area contributed by atoms with Gasteiger partial charge in [-0.15, -0.1) is 23.1 Å². The summed E-state index contributed by atoms with van der Waals surface area (Å²) in [5.74, 6) is -2.16. The normalized spacial score (nSPS) is 18.5. The van der Waals surface area contributed by atoms with Crippen LogP contribution in [0.15, 0.2) is 43.2 Å². The van der Waals surface area contributed by atoms with E-state index in [2.05, 4.69) is 24.8 Å². The highest BCUT2D eigenvalue weighted by Gasteiger charge is 2.54. The highest BCUT2D eigenvalue weighted by Crippen LogP contribution is 2.41. The Morgan fingerprint density at radius 1 is 1.33 bits per heavy atom. The van der Waals surface area contributed by atoms with Gasteiger partial charge in [-0.3, -0.25) is 19.3 Å². The second-order valence-corrected chi connectivity index (χ2v) is 12.6. The van der Waals surface area contributed by atoms with Gasteiger partial charge in [0.2, 0.25) is 5.43 Å². The predicted molar refractivity (Wildman–Crippen MR) is 152 cm³/mol. The largest absolute Gasteiger partial charge is 0.503 e.